The molecule has 23 heavy (non-hydrogen) atoms. The number of nitrogens with one attached hydrogen (secondary N) is 1. The molecule has 7 heteroatoms. The molecule has 1 fully saturated rings. The van der Waals surface area contributed by atoms with Gasteiger partial charge in [0.2, 0.25) is 17.7 Å². The summed E-state index contributed by atoms with van der Waals surface area (Å²) in [4.78, 5) is 20.5. The Kier molecular flexibility index (Phi) is 4.73. The minimum Gasteiger partial charge on any atom is -0.444 e. The van der Waals surface area contributed by atoms with Crippen molar-refractivity contribution in [3.05, 3.63) is 29.6 Å². The van der Waals surface area contributed by atoms with Crippen LogP contribution in [0.1, 0.15) is 74.4 Å². The predicted molar refractivity (Wildman–Crippen MR) is 81.6 cm³/mol. The number of hydrogen-bond acceptors (Lipinski definition) is 6. The predicted octanol–water partition coefficient (Wildman–Crippen LogP) is 2.83. The van der Waals surface area contributed by atoms with E-state index in [9.17, 15) is 4.79 Å². The zero-order valence-electron chi connectivity index (χ0n) is 13.5. The lowest BCUT2D eigenvalue weighted by Crippen LogP contribution is -2.27. The molecule has 0 aromatic carbocycles. The smallest absolute Gasteiger partial charge is 0.227 e. The highest BCUT2D eigenvalue weighted by molar-refractivity contribution is 5.76. The number of carbonyl (C=O) groups is 1. The van der Waals surface area contributed by atoms with Gasteiger partial charge in [0.25, 0.3) is 0 Å². The molecule has 2 aromatic heterocycles. The molecule has 1 aliphatic carbocycles. The summed E-state index contributed by atoms with van der Waals surface area (Å²) in [6.45, 7) is 3.66. The zero-order valence-corrected chi connectivity index (χ0v) is 13.5. The number of oxazole rings is 1. The Morgan fingerprint density at radius 3 is 2.91 bits per heavy atom. The van der Waals surface area contributed by atoms with Crippen molar-refractivity contribution in [1.29, 1.82) is 0 Å². The van der Waals surface area contributed by atoms with Crippen LogP contribution in [0.5, 0.6) is 0 Å². The van der Waals surface area contributed by atoms with Crippen molar-refractivity contribution in [3.63, 3.8) is 0 Å². The Labute approximate surface area is 134 Å². The van der Waals surface area contributed by atoms with E-state index in [-0.39, 0.29) is 11.9 Å². The van der Waals surface area contributed by atoms with E-state index in [1.165, 1.54) is 12.8 Å². The Morgan fingerprint density at radius 2 is 2.22 bits per heavy atom. The molecule has 124 valence electrons. The van der Waals surface area contributed by atoms with E-state index in [2.05, 4.69) is 20.4 Å². The maximum Gasteiger partial charge on any atom is 0.227 e. The zero-order chi connectivity index (χ0) is 16.2. The van der Waals surface area contributed by atoms with Gasteiger partial charge in [0.15, 0.2) is 5.82 Å². The second-order valence-corrected chi connectivity index (χ2v) is 6.13. The molecule has 2 aromatic rings. The van der Waals surface area contributed by atoms with Gasteiger partial charge in [0, 0.05) is 18.8 Å². The number of nitrogens with zero attached hydrogens (tertiary/aromatic N) is 3. The molecular weight excluding hydrogens is 296 g/mol. The summed E-state index contributed by atoms with van der Waals surface area (Å²) < 4.78 is 10.7. The molecule has 2 heterocycles. The Balaban J connectivity index is 1.47. The molecule has 1 atom stereocenters. The summed E-state index contributed by atoms with van der Waals surface area (Å²) in [6.07, 6.45) is 7.11. The molecule has 0 saturated heterocycles. The van der Waals surface area contributed by atoms with Crippen LogP contribution in [0, 0.1) is 6.92 Å². The number of rotatable bonds is 6. The van der Waals surface area contributed by atoms with Gasteiger partial charge in [0.1, 0.15) is 11.8 Å². The first-order chi connectivity index (χ1) is 11.1. The molecular formula is C16H22N4O3. The van der Waals surface area contributed by atoms with E-state index in [1.54, 1.807) is 6.20 Å². The summed E-state index contributed by atoms with van der Waals surface area (Å²) in [7, 11) is 0. The van der Waals surface area contributed by atoms with Crippen molar-refractivity contribution in [2.45, 2.75) is 64.3 Å². The third kappa shape index (κ3) is 3.97. The average Bonchev–Trinajstić information content (AvgIpc) is 3.26. The molecule has 0 radical (unpaired) electrons. The molecule has 1 N–H and O–H groups in total. The van der Waals surface area contributed by atoms with Crippen molar-refractivity contribution in [2.24, 2.45) is 0 Å². The van der Waals surface area contributed by atoms with Crippen LogP contribution in [0.4, 0.5) is 0 Å². The van der Waals surface area contributed by atoms with Gasteiger partial charge in [-0.05, 0) is 26.7 Å². The number of hydrogen-bond donors (Lipinski definition) is 1. The summed E-state index contributed by atoms with van der Waals surface area (Å²) in [5, 5.41) is 6.90. The summed E-state index contributed by atoms with van der Waals surface area (Å²) in [5.74, 6) is 2.90. The fourth-order valence-corrected chi connectivity index (χ4v) is 2.89. The third-order valence-electron chi connectivity index (χ3n) is 4.16. The SMILES string of the molecule is Cc1cnc(C(C)NC(=O)CCc2nc(C3CCCC3)no2)o1. The molecule has 1 saturated carbocycles. The first-order valence-corrected chi connectivity index (χ1v) is 8.16. The lowest BCUT2D eigenvalue weighted by molar-refractivity contribution is -0.121. The van der Waals surface area contributed by atoms with Crippen LogP contribution in [-0.4, -0.2) is 21.0 Å². The quantitative estimate of drug-likeness (QED) is 0.880. The fraction of sp³-hybridized carbons (Fsp3) is 0.625. The number of amides is 1. The molecule has 0 bridgehead atoms. The topological polar surface area (TPSA) is 94.1 Å². The van der Waals surface area contributed by atoms with Crippen molar-refractivity contribution >= 4 is 5.91 Å². The molecule has 0 spiro atoms. The van der Waals surface area contributed by atoms with Gasteiger partial charge >= 0.3 is 0 Å². The summed E-state index contributed by atoms with van der Waals surface area (Å²) >= 11 is 0. The summed E-state index contributed by atoms with van der Waals surface area (Å²) in [5.41, 5.74) is 0. The standard InChI is InChI=1S/C16H22N4O3/c1-10-9-17-16(22-10)11(2)18-13(21)7-8-14-19-15(20-23-14)12-5-3-4-6-12/h9,11-12H,3-8H2,1-2H3,(H,18,21). The molecule has 3 rings (SSSR count). The molecule has 1 amide bonds. The van der Waals surface area contributed by atoms with Crippen LogP contribution in [0.2, 0.25) is 0 Å². The van der Waals surface area contributed by atoms with Gasteiger partial charge in [-0.2, -0.15) is 4.98 Å². The van der Waals surface area contributed by atoms with Crippen molar-refractivity contribution < 1.29 is 13.7 Å². The highest BCUT2D eigenvalue weighted by Gasteiger charge is 2.22. The first kappa shape index (κ1) is 15.7. The molecule has 1 unspecified atom stereocenters. The Morgan fingerprint density at radius 1 is 1.43 bits per heavy atom. The van der Waals surface area contributed by atoms with Crippen molar-refractivity contribution in [1.82, 2.24) is 20.4 Å². The average molecular weight is 318 g/mol. The first-order valence-electron chi connectivity index (χ1n) is 8.16. The molecule has 0 aliphatic heterocycles. The van der Waals surface area contributed by atoms with Crippen LogP contribution in [0.15, 0.2) is 15.1 Å². The third-order valence-corrected chi connectivity index (χ3v) is 4.16. The number of carbonyl (C=O) groups excluding carboxylic acids is 1. The van der Waals surface area contributed by atoms with Gasteiger partial charge in [-0.3, -0.25) is 4.79 Å². The normalized spacial score (nSPS) is 16.6. The molecule has 1 aliphatic rings. The van der Waals surface area contributed by atoms with Gasteiger partial charge < -0.3 is 14.3 Å². The number of aryl methyl sites for hydroxylation is 2. The van der Waals surface area contributed by atoms with E-state index < -0.39 is 0 Å². The minimum absolute atomic E-state index is 0.0889. The maximum absolute atomic E-state index is 12.0. The highest BCUT2D eigenvalue weighted by Crippen LogP contribution is 2.32. The van der Waals surface area contributed by atoms with Crippen LogP contribution in [0.3, 0.4) is 0 Å². The summed E-state index contributed by atoms with van der Waals surface area (Å²) in [6, 6.07) is -0.257. The second kappa shape index (κ2) is 6.93. The van der Waals surface area contributed by atoms with Crippen LogP contribution in [-0.2, 0) is 11.2 Å². The Hall–Kier alpha value is -2.18. The van der Waals surface area contributed by atoms with Crippen molar-refractivity contribution in [2.75, 3.05) is 0 Å². The number of aromatic nitrogens is 3. The van der Waals surface area contributed by atoms with E-state index >= 15 is 0 Å². The fourth-order valence-electron chi connectivity index (χ4n) is 2.89. The molecule has 7 nitrogen and oxygen atoms in total. The second-order valence-electron chi connectivity index (χ2n) is 6.13. The van der Waals surface area contributed by atoms with E-state index in [1.807, 2.05) is 13.8 Å². The van der Waals surface area contributed by atoms with Gasteiger partial charge in [-0.1, -0.05) is 18.0 Å². The van der Waals surface area contributed by atoms with Gasteiger partial charge in [-0.25, -0.2) is 4.98 Å². The highest BCUT2D eigenvalue weighted by atomic mass is 16.5. The van der Waals surface area contributed by atoms with Crippen LogP contribution < -0.4 is 5.32 Å². The van der Waals surface area contributed by atoms with Gasteiger partial charge in [0.05, 0.1) is 6.20 Å². The monoisotopic (exact) mass is 318 g/mol. The van der Waals surface area contributed by atoms with E-state index in [0.29, 0.717) is 30.5 Å². The Bertz CT molecular complexity index is 658. The van der Waals surface area contributed by atoms with Crippen molar-refractivity contribution in [3.8, 4) is 0 Å². The van der Waals surface area contributed by atoms with Gasteiger partial charge in [-0.15, -0.1) is 0 Å². The lowest BCUT2D eigenvalue weighted by atomic mass is 10.1. The van der Waals surface area contributed by atoms with Crippen LogP contribution in [0.25, 0.3) is 0 Å². The van der Waals surface area contributed by atoms with Crippen LogP contribution >= 0.6 is 0 Å². The van der Waals surface area contributed by atoms with E-state index in [0.717, 1.165) is 24.4 Å². The lowest BCUT2D eigenvalue weighted by Gasteiger charge is -2.09. The van der Waals surface area contributed by atoms with E-state index in [4.69, 9.17) is 8.94 Å². The largest absolute Gasteiger partial charge is 0.444 e. The minimum atomic E-state index is -0.257. The maximum atomic E-state index is 12.0.